The smallest absolute Gasteiger partial charge is 0.359 e. The van der Waals surface area contributed by atoms with Crippen molar-refractivity contribution in [3.63, 3.8) is 0 Å². The van der Waals surface area contributed by atoms with Gasteiger partial charge in [0, 0.05) is 12.7 Å². The first-order valence-electron chi connectivity index (χ1n) is 4.00. The van der Waals surface area contributed by atoms with E-state index in [9.17, 15) is 4.79 Å². The van der Waals surface area contributed by atoms with Crippen LogP contribution < -0.4 is 0 Å². The summed E-state index contributed by atoms with van der Waals surface area (Å²) in [5.74, 6) is -0.376. The van der Waals surface area contributed by atoms with Gasteiger partial charge >= 0.3 is 5.97 Å². The number of esters is 1. The van der Waals surface area contributed by atoms with Gasteiger partial charge in [0.2, 0.25) is 0 Å². The Labute approximate surface area is 90.4 Å². The lowest BCUT2D eigenvalue weighted by Gasteiger charge is -1.95. The Kier molecular flexibility index (Phi) is 3.71. The number of aryl methyl sites for hydroxylation is 1. The van der Waals surface area contributed by atoms with Crippen LogP contribution in [0, 0.1) is 3.57 Å². The number of nitrogens with zero attached hydrogens (tertiary/aromatic N) is 2. The molecule has 0 aliphatic heterocycles. The average molecular weight is 294 g/mol. The van der Waals surface area contributed by atoms with Crippen LogP contribution in [0.2, 0.25) is 0 Å². The van der Waals surface area contributed by atoms with E-state index in [0.29, 0.717) is 5.69 Å². The minimum Gasteiger partial charge on any atom is -0.464 e. The number of halogens is 1. The molecular formula is C8H11IN2O2. The van der Waals surface area contributed by atoms with Gasteiger partial charge in [-0.25, -0.2) is 4.79 Å². The molecule has 0 radical (unpaired) electrons. The topological polar surface area (TPSA) is 44.1 Å². The van der Waals surface area contributed by atoms with Crippen LogP contribution >= 0.6 is 22.6 Å². The maximum atomic E-state index is 11.1. The van der Waals surface area contributed by atoms with Crippen molar-refractivity contribution in [2.24, 2.45) is 0 Å². The Morgan fingerprint density at radius 3 is 3.00 bits per heavy atom. The first-order chi connectivity index (χ1) is 6.19. The molecule has 0 bridgehead atoms. The number of methoxy groups -OCH3 is 1. The normalized spacial score (nSPS) is 10.1. The van der Waals surface area contributed by atoms with Crippen LogP contribution in [-0.2, 0) is 11.3 Å². The number of rotatable bonds is 3. The minimum atomic E-state index is -0.376. The SMILES string of the molecule is CCCn1cc(I)c(C(=O)OC)n1. The summed E-state index contributed by atoms with van der Waals surface area (Å²) >= 11 is 2.08. The molecule has 1 heterocycles. The predicted molar refractivity (Wildman–Crippen MR) is 56.6 cm³/mol. The molecule has 0 N–H and O–H groups in total. The molecule has 0 atom stereocenters. The third-order valence-corrected chi connectivity index (χ3v) is 2.34. The van der Waals surface area contributed by atoms with E-state index in [1.165, 1.54) is 7.11 Å². The summed E-state index contributed by atoms with van der Waals surface area (Å²) in [4.78, 5) is 11.1. The van der Waals surface area contributed by atoms with Crippen molar-refractivity contribution in [3.8, 4) is 0 Å². The van der Waals surface area contributed by atoms with Crippen molar-refractivity contribution in [2.45, 2.75) is 19.9 Å². The van der Waals surface area contributed by atoms with Crippen LogP contribution in [0.5, 0.6) is 0 Å². The van der Waals surface area contributed by atoms with Gasteiger partial charge in [0.05, 0.1) is 10.7 Å². The summed E-state index contributed by atoms with van der Waals surface area (Å²) in [6.45, 7) is 2.89. The highest BCUT2D eigenvalue weighted by atomic mass is 127. The summed E-state index contributed by atoms with van der Waals surface area (Å²) in [7, 11) is 1.36. The summed E-state index contributed by atoms with van der Waals surface area (Å²) in [5.41, 5.74) is 0.400. The molecule has 1 aromatic rings. The monoisotopic (exact) mass is 294 g/mol. The van der Waals surface area contributed by atoms with E-state index in [2.05, 4.69) is 39.4 Å². The number of hydrogen-bond acceptors (Lipinski definition) is 3. The highest BCUT2D eigenvalue weighted by Gasteiger charge is 2.14. The zero-order valence-corrected chi connectivity index (χ0v) is 9.74. The number of hydrogen-bond donors (Lipinski definition) is 0. The fraction of sp³-hybridized carbons (Fsp3) is 0.500. The van der Waals surface area contributed by atoms with Gasteiger partial charge in [-0.2, -0.15) is 5.10 Å². The highest BCUT2D eigenvalue weighted by Crippen LogP contribution is 2.11. The minimum absolute atomic E-state index is 0.376. The first-order valence-corrected chi connectivity index (χ1v) is 5.08. The van der Waals surface area contributed by atoms with Gasteiger partial charge in [-0.15, -0.1) is 0 Å². The lowest BCUT2D eigenvalue weighted by Crippen LogP contribution is -2.05. The average Bonchev–Trinajstić information content (AvgIpc) is 2.46. The predicted octanol–water partition coefficient (Wildman–Crippen LogP) is 1.68. The molecule has 5 heteroatoms. The third-order valence-electron chi connectivity index (χ3n) is 1.55. The number of carbonyl (C=O) groups is 1. The Balaban J connectivity index is 2.89. The van der Waals surface area contributed by atoms with Gasteiger partial charge in [0.1, 0.15) is 0 Å². The van der Waals surface area contributed by atoms with Gasteiger partial charge in [-0.3, -0.25) is 4.68 Å². The van der Waals surface area contributed by atoms with Crippen molar-refractivity contribution < 1.29 is 9.53 Å². The largest absolute Gasteiger partial charge is 0.464 e. The van der Waals surface area contributed by atoms with Crippen molar-refractivity contribution in [1.82, 2.24) is 9.78 Å². The van der Waals surface area contributed by atoms with E-state index in [0.717, 1.165) is 16.5 Å². The van der Waals surface area contributed by atoms with E-state index in [1.807, 2.05) is 6.20 Å². The van der Waals surface area contributed by atoms with Crippen molar-refractivity contribution in [3.05, 3.63) is 15.5 Å². The summed E-state index contributed by atoms with van der Waals surface area (Å²) in [6, 6.07) is 0. The van der Waals surface area contributed by atoms with E-state index < -0.39 is 0 Å². The number of aromatic nitrogens is 2. The van der Waals surface area contributed by atoms with Gasteiger partial charge in [0.25, 0.3) is 0 Å². The molecule has 72 valence electrons. The maximum absolute atomic E-state index is 11.1. The van der Waals surface area contributed by atoms with Crippen LogP contribution in [0.25, 0.3) is 0 Å². The molecular weight excluding hydrogens is 283 g/mol. The molecule has 0 saturated carbocycles. The molecule has 0 spiro atoms. The van der Waals surface area contributed by atoms with Crippen molar-refractivity contribution in [2.75, 3.05) is 7.11 Å². The highest BCUT2D eigenvalue weighted by molar-refractivity contribution is 14.1. The molecule has 1 rings (SSSR count). The molecule has 0 saturated heterocycles. The standard InChI is InChI=1S/C8H11IN2O2/c1-3-4-11-5-6(9)7(10-11)8(12)13-2/h5H,3-4H2,1-2H3. The Hall–Kier alpha value is -0.590. The fourth-order valence-corrected chi connectivity index (χ4v) is 1.63. The zero-order valence-electron chi connectivity index (χ0n) is 7.58. The van der Waals surface area contributed by atoms with E-state index in [1.54, 1.807) is 4.68 Å². The Morgan fingerprint density at radius 2 is 2.46 bits per heavy atom. The second-order valence-electron chi connectivity index (χ2n) is 2.58. The zero-order chi connectivity index (χ0) is 9.84. The third kappa shape index (κ3) is 2.43. The molecule has 0 aliphatic rings. The molecule has 0 fully saturated rings. The van der Waals surface area contributed by atoms with E-state index in [-0.39, 0.29) is 5.97 Å². The van der Waals surface area contributed by atoms with Crippen molar-refractivity contribution >= 4 is 28.6 Å². The Morgan fingerprint density at radius 1 is 1.77 bits per heavy atom. The van der Waals surface area contributed by atoms with E-state index >= 15 is 0 Å². The lowest BCUT2D eigenvalue weighted by molar-refractivity contribution is 0.0591. The molecule has 4 nitrogen and oxygen atoms in total. The van der Waals surface area contributed by atoms with Gasteiger partial charge in [0.15, 0.2) is 5.69 Å². The van der Waals surface area contributed by atoms with Crippen molar-refractivity contribution in [1.29, 1.82) is 0 Å². The van der Waals surface area contributed by atoms with Crippen LogP contribution in [-0.4, -0.2) is 22.9 Å². The lowest BCUT2D eigenvalue weighted by atomic mass is 10.4. The molecule has 1 aromatic heterocycles. The van der Waals surface area contributed by atoms with Gasteiger partial charge < -0.3 is 4.74 Å². The van der Waals surface area contributed by atoms with Crippen LogP contribution in [0.15, 0.2) is 6.20 Å². The summed E-state index contributed by atoms with van der Waals surface area (Å²) in [6.07, 6.45) is 2.84. The quantitative estimate of drug-likeness (QED) is 0.629. The molecule has 0 amide bonds. The van der Waals surface area contributed by atoms with Crippen LogP contribution in [0.1, 0.15) is 23.8 Å². The van der Waals surface area contributed by atoms with Gasteiger partial charge in [-0.05, 0) is 29.0 Å². The maximum Gasteiger partial charge on any atom is 0.359 e. The van der Waals surface area contributed by atoms with Crippen LogP contribution in [0.3, 0.4) is 0 Å². The second kappa shape index (κ2) is 4.59. The second-order valence-corrected chi connectivity index (χ2v) is 3.74. The fourth-order valence-electron chi connectivity index (χ4n) is 0.976. The van der Waals surface area contributed by atoms with Crippen LogP contribution in [0.4, 0.5) is 0 Å². The molecule has 13 heavy (non-hydrogen) atoms. The molecule has 0 aromatic carbocycles. The summed E-state index contributed by atoms with van der Waals surface area (Å²) in [5, 5.41) is 4.10. The van der Waals surface area contributed by atoms with E-state index in [4.69, 9.17) is 0 Å². The number of carbonyl (C=O) groups excluding carboxylic acids is 1. The molecule has 0 unspecified atom stereocenters. The number of ether oxygens (including phenoxy) is 1. The Bertz CT molecular complexity index is 309. The summed E-state index contributed by atoms with van der Waals surface area (Å²) < 4.78 is 7.18. The first kappa shape index (κ1) is 10.5. The van der Waals surface area contributed by atoms with Gasteiger partial charge in [-0.1, -0.05) is 6.92 Å². The molecule has 0 aliphatic carbocycles.